The molecule has 1 aliphatic heterocycles. The Bertz CT molecular complexity index is 1320. The molecule has 0 saturated carbocycles. The number of aromatic nitrogens is 1. The Morgan fingerprint density at radius 2 is 1.74 bits per heavy atom. The third-order valence-corrected chi connectivity index (χ3v) is 7.23. The number of carbonyl (C=O) groups is 1. The highest BCUT2D eigenvalue weighted by Crippen LogP contribution is 2.32. The summed E-state index contributed by atoms with van der Waals surface area (Å²) in [7, 11) is 0. The number of aromatic hydroxyl groups is 1. The summed E-state index contributed by atoms with van der Waals surface area (Å²) in [5.41, 5.74) is 4.61. The number of phenolic OH excluding ortho intramolecular Hbond substituents is 1. The van der Waals surface area contributed by atoms with Crippen molar-refractivity contribution in [3.63, 3.8) is 0 Å². The third-order valence-electron chi connectivity index (χ3n) is 6.98. The van der Waals surface area contributed by atoms with Crippen LogP contribution in [0.3, 0.4) is 0 Å². The highest BCUT2D eigenvalue weighted by atomic mass is 35.5. The molecule has 1 fully saturated rings. The predicted molar refractivity (Wildman–Crippen MR) is 142 cm³/mol. The van der Waals surface area contributed by atoms with Gasteiger partial charge in [0.15, 0.2) is 0 Å². The van der Waals surface area contributed by atoms with E-state index in [2.05, 4.69) is 34.5 Å². The molecule has 5 nitrogen and oxygen atoms in total. The molecule has 3 aromatic carbocycles. The van der Waals surface area contributed by atoms with Crippen LogP contribution in [-0.2, 0) is 6.42 Å². The Morgan fingerprint density at radius 3 is 2.46 bits per heavy atom. The summed E-state index contributed by atoms with van der Waals surface area (Å²) in [4.78, 5) is 16.0. The molecule has 35 heavy (non-hydrogen) atoms. The van der Waals surface area contributed by atoms with E-state index in [0.29, 0.717) is 10.6 Å². The highest BCUT2D eigenvalue weighted by molar-refractivity contribution is 6.30. The largest absolute Gasteiger partial charge is 0.508 e. The van der Waals surface area contributed by atoms with E-state index >= 15 is 0 Å². The molecule has 6 heteroatoms. The molecule has 1 saturated heterocycles. The second-order valence-electron chi connectivity index (χ2n) is 9.30. The summed E-state index contributed by atoms with van der Waals surface area (Å²) >= 11 is 6.09. The average molecular weight is 488 g/mol. The SMILES string of the molecule is Cc1c(C(=O)NC2CCN(CCc3ccccc3)CC2)c2cc(O)ccc2n1-c1ccc(Cl)cc1. The fraction of sp³-hybridized carbons (Fsp3) is 0.276. The topological polar surface area (TPSA) is 57.5 Å². The maximum Gasteiger partial charge on any atom is 0.253 e. The summed E-state index contributed by atoms with van der Waals surface area (Å²) in [5, 5.41) is 14.8. The molecule has 2 N–H and O–H groups in total. The first-order chi connectivity index (χ1) is 17.0. The van der Waals surface area contributed by atoms with Crippen molar-refractivity contribution < 1.29 is 9.90 Å². The molecule has 0 atom stereocenters. The standard InChI is InChI=1S/C29H30ClN3O2/c1-20-28(26-19-25(34)11-12-27(26)33(20)24-9-7-22(30)8-10-24)29(35)31-23-14-17-32(18-15-23)16-13-21-5-3-2-4-6-21/h2-12,19,23,34H,13-18H2,1H3,(H,31,35). The van der Waals surface area contributed by atoms with Crippen LogP contribution < -0.4 is 5.32 Å². The van der Waals surface area contributed by atoms with Gasteiger partial charge in [0.2, 0.25) is 0 Å². The number of amides is 1. The van der Waals surface area contributed by atoms with E-state index in [4.69, 9.17) is 11.6 Å². The number of nitrogens with one attached hydrogen (secondary N) is 1. The van der Waals surface area contributed by atoms with Gasteiger partial charge in [-0.1, -0.05) is 41.9 Å². The van der Waals surface area contributed by atoms with E-state index in [1.807, 2.05) is 47.9 Å². The quantitative estimate of drug-likeness (QED) is 0.365. The van der Waals surface area contributed by atoms with Gasteiger partial charge in [0, 0.05) is 47.5 Å². The van der Waals surface area contributed by atoms with Crippen molar-refractivity contribution in [3.05, 3.63) is 94.6 Å². The van der Waals surface area contributed by atoms with E-state index in [9.17, 15) is 9.90 Å². The van der Waals surface area contributed by atoms with Gasteiger partial charge in [-0.05, 0) is 74.2 Å². The van der Waals surface area contributed by atoms with Crippen LogP contribution in [-0.4, -0.2) is 46.2 Å². The molecule has 4 aromatic rings. The van der Waals surface area contributed by atoms with Gasteiger partial charge in [0.05, 0.1) is 11.1 Å². The molecule has 180 valence electrons. The maximum absolute atomic E-state index is 13.5. The van der Waals surface area contributed by atoms with Gasteiger partial charge in [-0.2, -0.15) is 0 Å². The number of likely N-dealkylation sites (tertiary alicyclic amines) is 1. The molecule has 0 radical (unpaired) electrons. The van der Waals surface area contributed by atoms with Gasteiger partial charge >= 0.3 is 0 Å². The Hall–Kier alpha value is -3.28. The highest BCUT2D eigenvalue weighted by Gasteiger charge is 2.25. The molecule has 1 aromatic heterocycles. The number of fused-ring (bicyclic) bond motifs is 1. The zero-order chi connectivity index (χ0) is 24.4. The minimum Gasteiger partial charge on any atom is -0.508 e. The number of phenols is 1. The number of rotatable bonds is 6. The normalized spacial score (nSPS) is 14.9. The van der Waals surface area contributed by atoms with Crippen molar-refractivity contribution in [2.75, 3.05) is 19.6 Å². The van der Waals surface area contributed by atoms with Crippen molar-refractivity contribution >= 4 is 28.4 Å². The summed E-state index contributed by atoms with van der Waals surface area (Å²) in [5.74, 6) is 0.0556. The van der Waals surface area contributed by atoms with Gasteiger partial charge in [-0.3, -0.25) is 4.79 Å². The number of halogens is 1. The number of hydrogen-bond acceptors (Lipinski definition) is 3. The fourth-order valence-electron chi connectivity index (χ4n) is 5.11. The predicted octanol–water partition coefficient (Wildman–Crippen LogP) is 5.73. The van der Waals surface area contributed by atoms with E-state index in [1.165, 1.54) is 5.56 Å². The molecule has 2 heterocycles. The number of nitrogens with zero attached hydrogens (tertiary/aromatic N) is 2. The lowest BCUT2D eigenvalue weighted by molar-refractivity contribution is 0.0912. The van der Waals surface area contributed by atoms with Crippen LogP contribution in [0, 0.1) is 6.92 Å². The number of hydrogen-bond donors (Lipinski definition) is 2. The molecule has 1 amide bonds. The minimum atomic E-state index is -0.0893. The van der Waals surface area contributed by atoms with Crippen LogP contribution in [0.2, 0.25) is 5.02 Å². The molecule has 0 spiro atoms. The van der Waals surface area contributed by atoms with Gasteiger partial charge in [0.1, 0.15) is 5.75 Å². The summed E-state index contributed by atoms with van der Waals surface area (Å²) < 4.78 is 2.05. The first-order valence-electron chi connectivity index (χ1n) is 12.2. The van der Waals surface area contributed by atoms with Crippen LogP contribution in [0.15, 0.2) is 72.8 Å². The number of piperidine rings is 1. The number of benzene rings is 3. The smallest absolute Gasteiger partial charge is 0.253 e. The Balaban J connectivity index is 1.31. The fourth-order valence-corrected chi connectivity index (χ4v) is 5.23. The Morgan fingerprint density at radius 1 is 1.03 bits per heavy atom. The average Bonchev–Trinajstić information content (AvgIpc) is 3.15. The maximum atomic E-state index is 13.5. The van der Waals surface area contributed by atoms with Crippen molar-refractivity contribution in [3.8, 4) is 11.4 Å². The second-order valence-corrected chi connectivity index (χ2v) is 9.74. The van der Waals surface area contributed by atoms with Gasteiger partial charge in [0.25, 0.3) is 5.91 Å². The molecule has 0 aliphatic carbocycles. The van der Waals surface area contributed by atoms with Crippen molar-refractivity contribution in [1.82, 2.24) is 14.8 Å². The molecular weight excluding hydrogens is 458 g/mol. The lowest BCUT2D eigenvalue weighted by Crippen LogP contribution is -2.45. The van der Waals surface area contributed by atoms with Crippen LogP contribution in [0.4, 0.5) is 0 Å². The first-order valence-corrected chi connectivity index (χ1v) is 12.5. The van der Waals surface area contributed by atoms with Crippen LogP contribution in [0.1, 0.15) is 34.5 Å². The van der Waals surface area contributed by atoms with Crippen LogP contribution in [0.5, 0.6) is 5.75 Å². The second kappa shape index (κ2) is 10.1. The van der Waals surface area contributed by atoms with Crippen molar-refractivity contribution in [2.45, 2.75) is 32.2 Å². The molecular formula is C29H30ClN3O2. The van der Waals surface area contributed by atoms with Gasteiger partial charge in [-0.25, -0.2) is 0 Å². The van der Waals surface area contributed by atoms with Gasteiger partial charge in [-0.15, -0.1) is 0 Å². The molecule has 0 unspecified atom stereocenters. The molecule has 0 bridgehead atoms. The van der Waals surface area contributed by atoms with E-state index in [1.54, 1.807) is 12.1 Å². The summed E-state index contributed by atoms with van der Waals surface area (Å²) in [6.07, 6.45) is 2.91. The van der Waals surface area contributed by atoms with Gasteiger partial charge < -0.3 is 19.9 Å². The zero-order valence-electron chi connectivity index (χ0n) is 19.9. The van der Waals surface area contributed by atoms with E-state index < -0.39 is 0 Å². The monoisotopic (exact) mass is 487 g/mol. The van der Waals surface area contributed by atoms with Crippen LogP contribution >= 0.6 is 11.6 Å². The molecule has 1 aliphatic rings. The number of carbonyl (C=O) groups excluding carboxylic acids is 1. The summed E-state index contributed by atoms with van der Waals surface area (Å²) in [6.45, 7) is 4.94. The minimum absolute atomic E-state index is 0.0893. The van der Waals surface area contributed by atoms with Crippen molar-refractivity contribution in [1.29, 1.82) is 0 Å². The lowest BCUT2D eigenvalue weighted by Gasteiger charge is -2.32. The van der Waals surface area contributed by atoms with Crippen molar-refractivity contribution in [2.24, 2.45) is 0 Å². The Kier molecular flexibility index (Phi) is 6.80. The third kappa shape index (κ3) is 5.07. The first kappa shape index (κ1) is 23.5. The van der Waals surface area contributed by atoms with E-state index in [0.717, 1.165) is 61.2 Å². The van der Waals surface area contributed by atoms with E-state index in [-0.39, 0.29) is 17.7 Å². The molecule has 5 rings (SSSR count). The summed E-state index contributed by atoms with van der Waals surface area (Å²) in [6, 6.07) is 23.5. The lowest BCUT2D eigenvalue weighted by atomic mass is 10.0. The Labute approximate surface area is 210 Å². The zero-order valence-corrected chi connectivity index (χ0v) is 20.6. The van der Waals surface area contributed by atoms with Crippen LogP contribution in [0.25, 0.3) is 16.6 Å².